The number of hydrogen-bond acceptors (Lipinski definition) is 3. The minimum atomic E-state index is -0.465. The van der Waals surface area contributed by atoms with Crippen LogP contribution in [0.4, 0.5) is 4.39 Å². The van der Waals surface area contributed by atoms with Gasteiger partial charge in [0.05, 0.1) is 12.4 Å². The van der Waals surface area contributed by atoms with Crippen LogP contribution in [0.15, 0.2) is 41.6 Å². The molecule has 0 aliphatic carbocycles. The van der Waals surface area contributed by atoms with Crippen molar-refractivity contribution in [2.45, 2.75) is 25.2 Å². The van der Waals surface area contributed by atoms with Crippen LogP contribution in [0.1, 0.15) is 17.2 Å². The van der Waals surface area contributed by atoms with E-state index in [1.807, 2.05) is 44.2 Å². The normalized spacial score (nSPS) is 10.6. The van der Waals surface area contributed by atoms with Gasteiger partial charge in [0.1, 0.15) is 6.33 Å². The number of hydrogen-bond donors (Lipinski definition) is 0. The van der Waals surface area contributed by atoms with E-state index in [9.17, 15) is 4.39 Å². The van der Waals surface area contributed by atoms with Gasteiger partial charge in [0, 0.05) is 43.6 Å². The molecule has 0 atom stereocenters. The van der Waals surface area contributed by atoms with Crippen molar-refractivity contribution in [2.75, 3.05) is 6.67 Å². The Morgan fingerprint density at radius 1 is 1.13 bits per heavy atom. The molecule has 2 aromatic heterocycles. The Balaban J connectivity index is 0.00000192. The quantitative estimate of drug-likeness (QED) is 0.510. The van der Waals surface area contributed by atoms with Gasteiger partial charge in [-0.2, -0.15) is 5.10 Å². The zero-order valence-electron chi connectivity index (χ0n) is 12.8. The van der Waals surface area contributed by atoms with Crippen molar-refractivity contribution in [3.05, 3.63) is 53.9 Å². The number of rotatable bonds is 4. The van der Waals surface area contributed by atoms with Gasteiger partial charge in [-0.3, -0.25) is 4.39 Å². The first-order valence-corrected chi connectivity index (χ1v) is 7.45. The average Bonchev–Trinajstić information content (AvgIpc) is 3.05. The van der Waals surface area contributed by atoms with E-state index < -0.39 is 6.67 Å². The van der Waals surface area contributed by atoms with Crippen molar-refractivity contribution in [1.82, 2.24) is 19.3 Å². The maximum absolute atomic E-state index is 12.4. The Hall–Kier alpha value is -1.56. The molecule has 0 N–H and O–H groups in total. The van der Waals surface area contributed by atoms with Crippen LogP contribution < -0.4 is 0 Å². The Morgan fingerprint density at radius 3 is 2.48 bits per heavy atom. The van der Waals surface area contributed by atoms with Crippen LogP contribution in [-0.2, 0) is 39.2 Å². The standard InChI is InChI=1S/C16H17FN4S.Ir/c1-11-15(20-10-18-14(19-20)8-9-17)16(22)12(2)21(11)13-6-4-3-5-7-13;/h3-7,10,22H,8-9H2,1-2H3;/p-1. The van der Waals surface area contributed by atoms with Crippen LogP contribution in [0.2, 0.25) is 0 Å². The third-order valence-electron chi connectivity index (χ3n) is 3.66. The summed E-state index contributed by atoms with van der Waals surface area (Å²) in [6.45, 7) is 3.53. The van der Waals surface area contributed by atoms with Crippen LogP contribution in [0.5, 0.6) is 0 Å². The minimum Gasteiger partial charge on any atom is -0.776 e. The number of alkyl halides is 1. The fourth-order valence-corrected chi connectivity index (χ4v) is 2.97. The van der Waals surface area contributed by atoms with E-state index in [1.165, 1.54) is 0 Å². The van der Waals surface area contributed by atoms with E-state index in [0.29, 0.717) is 5.82 Å². The van der Waals surface area contributed by atoms with Gasteiger partial charge in [0.15, 0.2) is 5.82 Å². The van der Waals surface area contributed by atoms with Gasteiger partial charge in [0.25, 0.3) is 0 Å². The largest absolute Gasteiger partial charge is 0.776 e. The zero-order valence-corrected chi connectivity index (χ0v) is 16.0. The van der Waals surface area contributed by atoms with E-state index in [4.69, 9.17) is 12.6 Å². The fraction of sp³-hybridized carbons (Fsp3) is 0.250. The number of nitrogens with zero attached hydrogens (tertiary/aromatic N) is 4. The van der Waals surface area contributed by atoms with Crippen LogP contribution in [-0.4, -0.2) is 26.0 Å². The summed E-state index contributed by atoms with van der Waals surface area (Å²) in [7, 11) is 0. The Kier molecular flexibility index (Phi) is 5.68. The Labute approximate surface area is 153 Å². The smallest absolute Gasteiger partial charge is 0.153 e. The van der Waals surface area contributed by atoms with Crippen molar-refractivity contribution in [3.8, 4) is 11.4 Å². The zero-order chi connectivity index (χ0) is 15.7. The van der Waals surface area contributed by atoms with Crippen LogP contribution in [0, 0.1) is 13.8 Å². The number of para-hydroxylation sites is 1. The Bertz CT molecular complexity index is 798. The van der Waals surface area contributed by atoms with Crippen molar-refractivity contribution < 1.29 is 24.5 Å². The van der Waals surface area contributed by atoms with E-state index in [-0.39, 0.29) is 26.5 Å². The molecule has 0 amide bonds. The summed E-state index contributed by atoms with van der Waals surface area (Å²) >= 11 is 5.57. The summed E-state index contributed by atoms with van der Waals surface area (Å²) in [5.74, 6) is 0.487. The van der Waals surface area contributed by atoms with Crippen molar-refractivity contribution in [3.63, 3.8) is 0 Å². The van der Waals surface area contributed by atoms with Crippen LogP contribution in [0.25, 0.3) is 11.4 Å². The molecule has 23 heavy (non-hydrogen) atoms. The molecule has 0 spiro atoms. The molecule has 3 rings (SSSR count). The summed E-state index contributed by atoms with van der Waals surface area (Å²) in [5.41, 5.74) is 3.86. The molecule has 0 fully saturated rings. The number of benzene rings is 1. The summed E-state index contributed by atoms with van der Waals surface area (Å²) in [4.78, 5) is 4.87. The molecule has 0 unspecified atom stereocenters. The van der Waals surface area contributed by atoms with Crippen LogP contribution >= 0.6 is 0 Å². The molecule has 0 aliphatic rings. The predicted molar refractivity (Wildman–Crippen MR) is 85.5 cm³/mol. The second-order valence-electron chi connectivity index (χ2n) is 5.06. The van der Waals surface area contributed by atoms with E-state index in [0.717, 1.165) is 27.7 Å². The molecular formula is C16H16FIrN4S-. The number of aromatic nitrogens is 4. The fourth-order valence-electron chi connectivity index (χ4n) is 2.63. The summed E-state index contributed by atoms with van der Waals surface area (Å²) in [6, 6.07) is 10.0. The van der Waals surface area contributed by atoms with Gasteiger partial charge in [0.2, 0.25) is 0 Å². The Morgan fingerprint density at radius 2 is 1.83 bits per heavy atom. The first-order chi connectivity index (χ1) is 10.6. The summed E-state index contributed by atoms with van der Waals surface area (Å²) in [6.07, 6.45) is 1.81. The molecule has 0 saturated carbocycles. The summed E-state index contributed by atoms with van der Waals surface area (Å²) in [5, 5.41) is 4.33. The topological polar surface area (TPSA) is 35.6 Å². The second kappa shape index (κ2) is 7.34. The van der Waals surface area contributed by atoms with Gasteiger partial charge in [-0.05, 0) is 26.0 Å². The van der Waals surface area contributed by atoms with Gasteiger partial charge in [-0.15, -0.1) is 4.90 Å². The van der Waals surface area contributed by atoms with E-state index in [1.54, 1.807) is 11.0 Å². The van der Waals surface area contributed by atoms with Crippen molar-refractivity contribution in [2.24, 2.45) is 0 Å². The summed E-state index contributed by atoms with van der Waals surface area (Å²) < 4.78 is 16.2. The van der Waals surface area contributed by atoms with Crippen LogP contribution in [0.3, 0.4) is 0 Å². The minimum absolute atomic E-state index is 0. The van der Waals surface area contributed by atoms with Crippen molar-refractivity contribution in [1.29, 1.82) is 0 Å². The molecule has 7 heteroatoms. The van der Waals surface area contributed by atoms with Gasteiger partial charge in [-0.25, -0.2) is 9.67 Å². The van der Waals surface area contributed by atoms with Gasteiger partial charge >= 0.3 is 0 Å². The maximum atomic E-state index is 12.4. The average molecular weight is 508 g/mol. The molecule has 123 valence electrons. The third-order valence-corrected chi connectivity index (χ3v) is 4.15. The first-order valence-electron chi connectivity index (χ1n) is 7.04. The molecule has 0 aliphatic heterocycles. The third kappa shape index (κ3) is 3.22. The molecular weight excluding hydrogens is 491 g/mol. The van der Waals surface area contributed by atoms with Gasteiger partial charge in [-0.1, -0.05) is 18.2 Å². The molecule has 2 heterocycles. The predicted octanol–water partition coefficient (Wildman–Crippen LogP) is 3.09. The van der Waals surface area contributed by atoms with E-state index in [2.05, 4.69) is 14.6 Å². The monoisotopic (exact) mass is 508 g/mol. The first kappa shape index (κ1) is 17.8. The van der Waals surface area contributed by atoms with Crippen molar-refractivity contribution >= 4 is 12.6 Å². The number of halogens is 1. The number of aryl methyl sites for hydroxylation is 1. The van der Waals surface area contributed by atoms with E-state index >= 15 is 0 Å². The maximum Gasteiger partial charge on any atom is 0.153 e. The molecule has 1 radical (unpaired) electrons. The van der Waals surface area contributed by atoms with Gasteiger partial charge < -0.3 is 17.2 Å². The molecule has 0 bridgehead atoms. The molecule has 4 nitrogen and oxygen atoms in total. The SMILES string of the molecule is Cc1c([S-])c(-n2cnc(CCF)n2)c(C)n1-c1ccccc1.[Ir]. The molecule has 1 aromatic carbocycles. The molecule has 0 saturated heterocycles. The second-order valence-corrected chi connectivity index (χ2v) is 5.47. The molecule has 3 aromatic rings.